The Labute approximate surface area is 97.6 Å². The third-order valence-electron chi connectivity index (χ3n) is 2.81. The normalized spacial score (nSPS) is 29.3. The Morgan fingerprint density at radius 2 is 2.13 bits per heavy atom. The zero-order valence-corrected chi connectivity index (χ0v) is 10.9. The van der Waals surface area contributed by atoms with Gasteiger partial charge in [0.05, 0.1) is 5.75 Å². The highest BCUT2D eigenvalue weighted by Gasteiger charge is 2.26. The summed E-state index contributed by atoms with van der Waals surface area (Å²) in [6.07, 6.45) is 3.06. The summed E-state index contributed by atoms with van der Waals surface area (Å²) in [4.78, 5) is 0. The molecule has 0 aromatic rings. The first-order valence-corrected chi connectivity index (χ1v) is 7.67. The van der Waals surface area contributed by atoms with Crippen molar-refractivity contribution in [3.8, 4) is 0 Å². The molecule has 3 unspecified atom stereocenters. The van der Waals surface area contributed by atoms with E-state index in [0.29, 0.717) is 11.8 Å². The van der Waals surface area contributed by atoms with Gasteiger partial charge in [0.1, 0.15) is 0 Å². The second-order valence-electron chi connectivity index (χ2n) is 4.77. The van der Waals surface area contributed by atoms with Crippen LogP contribution in [0.4, 0.5) is 0 Å². The van der Waals surface area contributed by atoms with Gasteiger partial charge in [-0.15, -0.1) is 11.6 Å². The molecule has 15 heavy (non-hydrogen) atoms. The molecule has 0 saturated heterocycles. The minimum Gasteiger partial charge on any atom is -0.212 e. The standard InChI is InChI=1S/C10H20ClNO2S/c1-8-3-4-10(5-8)12-15(13,14)7-9(2)6-11/h8-10,12H,3-7H2,1-2H3. The van der Waals surface area contributed by atoms with E-state index in [0.717, 1.165) is 19.3 Å². The fraction of sp³-hybridized carbons (Fsp3) is 1.00. The monoisotopic (exact) mass is 253 g/mol. The highest BCUT2D eigenvalue weighted by Crippen LogP contribution is 2.25. The van der Waals surface area contributed by atoms with E-state index >= 15 is 0 Å². The number of alkyl halides is 1. The molecule has 3 atom stereocenters. The van der Waals surface area contributed by atoms with Crippen LogP contribution in [0, 0.1) is 11.8 Å². The van der Waals surface area contributed by atoms with Crippen LogP contribution in [0.5, 0.6) is 0 Å². The van der Waals surface area contributed by atoms with Gasteiger partial charge in [-0.25, -0.2) is 13.1 Å². The van der Waals surface area contributed by atoms with Gasteiger partial charge >= 0.3 is 0 Å². The SMILES string of the molecule is CC1CCC(NS(=O)(=O)CC(C)CCl)C1. The molecule has 1 fully saturated rings. The molecular formula is C10H20ClNO2S. The number of halogens is 1. The maximum absolute atomic E-state index is 11.7. The lowest BCUT2D eigenvalue weighted by molar-refractivity contribution is 0.531. The number of nitrogens with one attached hydrogen (secondary N) is 1. The van der Waals surface area contributed by atoms with Crippen LogP contribution < -0.4 is 4.72 Å². The van der Waals surface area contributed by atoms with Crippen molar-refractivity contribution in [2.45, 2.75) is 39.2 Å². The highest BCUT2D eigenvalue weighted by atomic mass is 35.5. The number of hydrogen-bond donors (Lipinski definition) is 1. The topological polar surface area (TPSA) is 46.2 Å². The fourth-order valence-electron chi connectivity index (χ4n) is 2.04. The first-order valence-electron chi connectivity index (χ1n) is 5.49. The Bertz CT molecular complexity index is 292. The molecular weight excluding hydrogens is 234 g/mol. The summed E-state index contributed by atoms with van der Waals surface area (Å²) in [5.74, 6) is 1.19. The lowest BCUT2D eigenvalue weighted by atomic mass is 10.1. The van der Waals surface area contributed by atoms with E-state index in [4.69, 9.17) is 11.6 Å². The maximum Gasteiger partial charge on any atom is 0.212 e. The van der Waals surface area contributed by atoms with Gasteiger partial charge in [-0.1, -0.05) is 13.8 Å². The van der Waals surface area contributed by atoms with Gasteiger partial charge in [0.2, 0.25) is 10.0 Å². The second kappa shape index (κ2) is 5.51. The zero-order valence-electron chi connectivity index (χ0n) is 9.37. The summed E-state index contributed by atoms with van der Waals surface area (Å²) in [6, 6.07) is 0.146. The molecule has 1 aliphatic rings. The predicted octanol–water partition coefficient (Wildman–Crippen LogP) is 1.97. The lowest BCUT2D eigenvalue weighted by Gasteiger charge is -2.14. The molecule has 0 amide bonds. The fourth-order valence-corrected chi connectivity index (χ4v) is 3.96. The van der Waals surface area contributed by atoms with E-state index in [1.165, 1.54) is 0 Å². The van der Waals surface area contributed by atoms with Crippen molar-refractivity contribution in [3.05, 3.63) is 0 Å². The molecule has 0 aromatic heterocycles. The number of rotatable bonds is 5. The molecule has 1 saturated carbocycles. The summed E-state index contributed by atoms with van der Waals surface area (Å²) >= 11 is 5.61. The minimum absolute atomic E-state index is 0.0167. The summed E-state index contributed by atoms with van der Waals surface area (Å²) in [6.45, 7) is 4.01. The van der Waals surface area contributed by atoms with Gasteiger partial charge in [0, 0.05) is 11.9 Å². The third-order valence-corrected chi connectivity index (χ3v) is 5.04. The Kier molecular flexibility index (Phi) is 4.87. The Balaban J connectivity index is 2.42. The van der Waals surface area contributed by atoms with Gasteiger partial charge in [0.15, 0.2) is 0 Å². The van der Waals surface area contributed by atoms with Crippen molar-refractivity contribution < 1.29 is 8.42 Å². The third kappa shape index (κ3) is 4.70. The van der Waals surface area contributed by atoms with Crippen LogP contribution in [0.25, 0.3) is 0 Å². The van der Waals surface area contributed by atoms with E-state index in [-0.39, 0.29) is 17.7 Å². The van der Waals surface area contributed by atoms with Gasteiger partial charge in [0.25, 0.3) is 0 Å². The van der Waals surface area contributed by atoms with Crippen LogP contribution in [0.1, 0.15) is 33.1 Å². The van der Waals surface area contributed by atoms with Crippen molar-refractivity contribution in [1.82, 2.24) is 4.72 Å². The largest absolute Gasteiger partial charge is 0.212 e. The summed E-state index contributed by atoms with van der Waals surface area (Å²) in [5.41, 5.74) is 0. The molecule has 0 radical (unpaired) electrons. The van der Waals surface area contributed by atoms with E-state index in [1.807, 2.05) is 6.92 Å². The van der Waals surface area contributed by atoms with Crippen LogP contribution in [0.2, 0.25) is 0 Å². The molecule has 5 heteroatoms. The average Bonchev–Trinajstić information content (AvgIpc) is 2.49. The molecule has 90 valence electrons. The molecule has 0 aliphatic heterocycles. The smallest absolute Gasteiger partial charge is 0.212 e. The predicted molar refractivity (Wildman–Crippen MR) is 63.6 cm³/mol. The van der Waals surface area contributed by atoms with E-state index < -0.39 is 10.0 Å². The number of hydrogen-bond acceptors (Lipinski definition) is 2. The first-order chi connectivity index (χ1) is 6.93. The van der Waals surface area contributed by atoms with Crippen molar-refractivity contribution in [3.63, 3.8) is 0 Å². The minimum atomic E-state index is -3.13. The highest BCUT2D eigenvalue weighted by molar-refractivity contribution is 7.89. The maximum atomic E-state index is 11.7. The van der Waals surface area contributed by atoms with Gasteiger partial charge in [-0.3, -0.25) is 0 Å². The average molecular weight is 254 g/mol. The zero-order chi connectivity index (χ0) is 11.5. The van der Waals surface area contributed by atoms with E-state index in [9.17, 15) is 8.42 Å². The molecule has 0 heterocycles. The summed E-state index contributed by atoms with van der Waals surface area (Å²) in [7, 11) is -3.13. The van der Waals surface area contributed by atoms with Crippen molar-refractivity contribution in [1.29, 1.82) is 0 Å². The van der Waals surface area contributed by atoms with Crippen LogP contribution in [-0.2, 0) is 10.0 Å². The van der Waals surface area contributed by atoms with Gasteiger partial charge in [-0.2, -0.15) is 0 Å². The molecule has 1 rings (SSSR count). The first kappa shape index (κ1) is 13.3. The van der Waals surface area contributed by atoms with Crippen LogP contribution >= 0.6 is 11.6 Å². The van der Waals surface area contributed by atoms with Crippen molar-refractivity contribution in [2.24, 2.45) is 11.8 Å². The second-order valence-corrected chi connectivity index (χ2v) is 6.88. The Hall–Kier alpha value is 0.200. The van der Waals surface area contributed by atoms with E-state index in [2.05, 4.69) is 11.6 Å². The quantitative estimate of drug-likeness (QED) is 0.762. The lowest BCUT2D eigenvalue weighted by Crippen LogP contribution is -2.36. The van der Waals surface area contributed by atoms with Gasteiger partial charge < -0.3 is 0 Å². The molecule has 0 bridgehead atoms. The molecule has 1 aliphatic carbocycles. The molecule has 0 aromatic carbocycles. The van der Waals surface area contributed by atoms with Crippen LogP contribution in [0.3, 0.4) is 0 Å². The van der Waals surface area contributed by atoms with Crippen molar-refractivity contribution in [2.75, 3.05) is 11.6 Å². The molecule has 1 N–H and O–H groups in total. The van der Waals surface area contributed by atoms with Crippen LogP contribution in [0.15, 0.2) is 0 Å². The molecule has 3 nitrogen and oxygen atoms in total. The Morgan fingerprint density at radius 1 is 1.47 bits per heavy atom. The molecule has 0 spiro atoms. The summed E-state index contributed by atoms with van der Waals surface area (Å²) in [5, 5.41) is 0. The van der Waals surface area contributed by atoms with E-state index in [1.54, 1.807) is 0 Å². The number of sulfonamides is 1. The van der Waals surface area contributed by atoms with Gasteiger partial charge in [-0.05, 0) is 31.1 Å². The van der Waals surface area contributed by atoms with Crippen molar-refractivity contribution >= 4 is 21.6 Å². The van der Waals surface area contributed by atoms with Crippen LogP contribution in [-0.4, -0.2) is 26.1 Å². The summed E-state index contributed by atoms with van der Waals surface area (Å²) < 4.78 is 26.1. The Morgan fingerprint density at radius 3 is 2.60 bits per heavy atom.